The first-order chi connectivity index (χ1) is 17.3. The van der Waals surface area contributed by atoms with Gasteiger partial charge in [0.2, 0.25) is 0 Å². The summed E-state index contributed by atoms with van der Waals surface area (Å²) >= 11 is 9.66. The first-order valence-corrected chi connectivity index (χ1v) is 12.9. The van der Waals surface area contributed by atoms with Gasteiger partial charge in [-0.15, -0.1) is 0 Å². The van der Waals surface area contributed by atoms with Crippen molar-refractivity contribution in [3.8, 4) is 11.5 Å². The number of aliphatic imine (C=N–C) groups is 1. The Morgan fingerprint density at radius 1 is 1.19 bits per heavy atom. The smallest absolute Gasteiger partial charge is 0.335 e. The van der Waals surface area contributed by atoms with Crippen molar-refractivity contribution in [3.05, 3.63) is 90.9 Å². The van der Waals surface area contributed by atoms with Gasteiger partial charge < -0.3 is 14.6 Å². The van der Waals surface area contributed by atoms with Crippen LogP contribution in [-0.4, -0.2) is 41.2 Å². The Morgan fingerprint density at radius 2 is 1.92 bits per heavy atom. The number of methoxy groups -OCH3 is 1. The molecule has 0 radical (unpaired) electrons. The lowest BCUT2D eigenvalue weighted by Crippen LogP contribution is -2.23. The first-order valence-electron chi connectivity index (χ1n) is 10.6. The first kappa shape index (κ1) is 26.1. The normalized spacial score (nSPS) is 15.6. The third kappa shape index (κ3) is 5.85. The van der Waals surface area contributed by atoms with E-state index in [4.69, 9.17) is 26.2 Å². The number of carboxylic acids is 1. The summed E-state index contributed by atoms with van der Waals surface area (Å²) in [6.07, 6.45) is 1.78. The van der Waals surface area contributed by atoms with Gasteiger partial charge in [0.25, 0.3) is 5.91 Å². The number of carboxylic acid groups (broad SMARTS) is 1. The largest absolute Gasteiger partial charge is 0.493 e. The Balaban J connectivity index is 1.56. The average Bonchev–Trinajstić information content (AvgIpc) is 3.12. The van der Waals surface area contributed by atoms with Gasteiger partial charge in [-0.2, -0.15) is 0 Å². The van der Waals surface area contributed by atoms with Gasteiger partial charge in [0.1, 0.15) is 6.61 Å². The summed E-state index contributed by atoms with van der Waals surface area (Å²) in [7, 11) is 3.21. The summed E-state index contributed by atoms with van der Waals surface area (Å²) in [5.74, 6) is -0.0620. The predicted octanol–water partition coefficient (Wildman–Crippen LogP) is 6.46. The van der Waals surface area contributed by atoms with Crippen molar-refractivity contribution in [1.82, 2.24) is 4.90 Å². The molecule has 7 nitrogen and oxygen atoms in total. The van der Waals surface area contributed by atoms with Crippen LogP contribution in [0.25, 0.3) is 6.08 Å². The van der Waals surface area contributed by atoms with E-state index in [0.29, 0.717) is 38.9 Å². The molecule has 0 atom stereocenters. The van der Waals surface area contributed by atoms with E-state index in [1.54, 1.807) is 32.4 Å². The molecular weight excluding hydrogens is 615 g/mol. The average molecular weight is 635 g/mol. The highest BCUT2D eigenvalue weighted by atomic mass is 127. The Morgan fingerprint density at radius 3 is 2.58 bits per heavy atom. The Bertz CT molecular complexity index is 1390. The molecule has 3 aromatic carbocycles. The second kappa shape index (κ2) is 11.4. The summed E-state index contributed by atoms with van der Waals surface area (Å²) < 4.78 is 12.4. The second-order valence-corrected chi connectivity index (χ2v) is 10.2. The van der Waals surface area contributed by atoms with Crippen molar-refractivity contribution in [3.63, 3.8) is 0 Å². The number of benzene rings is 3. The quantitative estimate of drug-likeness (QED) is 0.237. The van der Waals surface area contributed by atoms with E-state index >= 15 is 0 Å². The maximum atomic E-state index is 12.9. The third-order valence-corrected chi connectivity index (χ3v) is 7.45. The molecule has 0 bridgehead atoms. The lowest BCUT2D eigenvalue weighted by atomic mass is 10.1. The number of halogens is 2. The number of hydrogen-bond donors (Lipinski definition) is 1. The number of aromatic carboxylic acids is 1. The highest BCUT2D eigenvalue weighted by Gasteiger charge is 2.30. The van der Waals surface area contributed by atoms with Gasteiger partial charge in [0.15, 0.2) is 16.7 Å². The van der Waals surface area contributed by atoms with E-state index in [1.807, 2.05) is 36.4 Å². The molecule has 1 amide bonds. The van der Waals surface area contributed by atoms with Crippen molar-refractivity contribution in [1.29, 1.82) is 0 Å². The molecule has 1 saturated heterocycles. The molecule has 0 saturated carbocycles. The molecule has 36 heavy (non-hydrogen) atoms. The molecule has 1 aliphatic heterocycles. The highest BCUT2D eigenvalue weighted by molar-refractivity contribution is 14.1. The van der Waals surface area contributed by atoms with Crippen LogP contribution in [0.2, 0.25) is 5.02 Å². The topological polar surface area (TPSA) is 88.4 Å². The summed E-state index contributed by atoms with van der Waals surface area (Å²) in [5.41, 5.74) is 2.37. The van der Waals surface area contributed by atoms with E-state index in [0.717, 1.165) is 14.7 Å². The molecule has 0 aliphatic carbocycles. The number of carbonyl (C=O) groups excluding carboxylic acids is 1. The maximum absolute atomic E-state index is 12.9. The Hall–Kier alpha value is -3.02. The van der Waals surface area contributed by atoms with Crippen LogP contribution in [0.1, 0.15) is 21.5 Å². The minimum atomic E-state index is -1.01. The fourth-order valence-electron chi connectivity index (χ4n) is 3.32. The molecular formula is C26H20ClIN2O5S. The molecule has 0 unspecified atom stereocenters. The minimum Gasteiger partial charge on any atom is -0.493 e. The zero-order chi connectivity index (χ0) is 25.8. The number of carbonyl (C=O) groups is 2. The minimum absolute atomic E-state index is 0.172. The second-order valence-electron chi connectivity index (χ2n) is 7.64. The van der Waals surface area contributed by atoms with Crippen molar-refractivity contribution in [2.24, 2.45) is 4.99 Å². The van der Waals surface area contributed by atoms with Crippen LogP contribution in [-0.2, 0) is 11.4 Å². The number of thioether (sulfide) groups is 1. The Kier molecular flexibility index (Phi) is 8.22. The molecule has 4 rings (SSSR count). The summed E-state index contributed by atoms with van der Waals surface area (Å²) in [5, 5.41) is 10.2. The van der Waals surface area contributed by atoms with Crippen LogP contribution in [0, 0.1) is 3.57 Å². The SMILES string of the molecule is COc1cc(/C=C2\SC(=Nc3ccc(C(=O)O)cc3)N(C)C2=O)cc(I)c1OCc1ccccc1Cl. The number of nitrogens with zero attached hydrogens (tertiary/aromatic N) is 2. The monoisotopic (exact) mass is 634 g/mol. The number of ether oxygens (including phenoxy) is 2. The standard InChI is InChI=1S/C26H20ClIN2O5S/c1-30-24(31)22(36-26(30)29-18-9-7-16(8-10-18)25(32)33)13-15-11-20(28)23(21(12-15)34-2)35-14-17-5-3-4-6-19(17)27/h3-13H,14H2,1-2H3,(H,32,33)/b22-13-,29-26?. The molecule has 0 spiro atoms. The number of rotatable bonds is 7. The van der Waals surface area contributed by atoms with Crippen LogP contribution in [0.3, 0.4) is 0 Å². The maximum Gasteiger partial charge on any atom is 0.335 e. The van der Waals surface area contributed by atoms with Crippen LogP contribution in [0.5, 0.6) is 11.5 Å². The molecule has 1 N–H and O–H groups in total. The highest BCUT2D eigenvalue weighted by Crippen LogP contribution is 2.38. The number of amidine groups is 1. The van der Waals surface area contributed by atoms with E-state index in [2.05, 4.69) is 27.6 Å². The van der Waals surface area contributed by atoms with Crippen molar-refractivity contribution < 1.29 is 24.2 Å². The van der Waals surface area contributed by atoms with Crippen LogP contribution in [0.15, 0.2) is 70.6 Å². The molecule has 1 heterocycles. The predicted molar refractivity (Wildman–Crippen MR) is 150 cm³/mol. The number of hydrogen-bond acceptors (Lipinski definition) is 6. The summed E-state index contributed by atoms with van der Waals surface area (Å²) in [6, 6.07) is 17.4. The zero-order valence-corrected chi connectivity index (χ0v) is 22.9. The van der Waals surface area contributed by atoms with Crippen LogP contribution >= 0.6 is 46.0 Å². The van der Waals surface area contributed by atoms with E-state index in [9.17, 15) is 9.59 Å². The lowest BCUT2D eigenvalue weighted by Gasteiger charge is -2.14. The molecule has 1 aliphatic rings. The molecule has 10 heteroatoms. The fourth-order valence-corrected chi connectivity index (χ4v) is 5.28. The molecule has 3 aromatic rings. The summed E-state index contributed by atoms with van der Waals surface area (Å²) in [4.78, 5) is 30.4. The van der Waals surface area contributed by atoms with Gasteiger partial charge in [-0.25, -0.2) is 9.79 Å². The van der Waals surface area contributed by atoms with Crippen molar-refractivity contribution >= 4 is 74.8 Å². The molecule has 184 valence electrons. The van der Waals surface area contributed by atoms with E-state index in [1.165, 1.54) is 28.8 Å². The fraction of sp³-hybridized carbons (Fsp3) is 0.115. The third-order valence-electron chi connectivity index (χ3n) is 5.22. The number of amides is 1. The van der Waals surface area contributed by atoms with E-state index in [-0.39, 0.29) is 11.5 Å². The lowest BCUT2D eigenvalue weighted by molar-refractivity contribution is -0.121. The van der Waals surface area contributed by atoms with Crippen molar-refractivity contribution in [2.45, 2.75) is 6.61 Å². The van der Waals surface area contributed by atoms with E-state index < -0.39 is 5.97 Å². The molecule has 0 aromatic heterocycles. The summed E-state index contributed by atoms with van der Waals surface area (Å²) in [6.45, 7) is 0.291. The zero-order valence-electron chi connectivity index (χ0n) is 19.2. The Labute approximate surface area is 230 Å². The van der Waals surface area contributed by atoms with Gasteiger partial charge in [-0.3, -0.25) is 9.69 Å². The van der Waals surface area contributed by atoms with Crippen LogP contribution < -0.4 is 9.47 Å². The van der Waals surface area contributed by atoms with Gasteiger partial charge in [0, 0.05) is 17.6 Å². The van der Waals surface area contributed by atoms with Crippen molar-refractivity contribution in [2.75, 3.05) is 14.2 Å². The van der Waals surface area contributed by atoms with Gasteiger partial charge in [-0.05, 0) is 88.5 Å². The van der Waals surface area contributed by atoms with Gasteiger partial charge in [-0.1, -0.05) is 29.8 Å². The molecule has 1 fully saturated rings. The van der Waals surface area contributed by atoms with Gasteiger partial charge in [0.05, 0.1) is 26.8 Å². The number of likely N-dealkylation sites (N-methyl/N-ethyl adjacent to an activating group) is 1. The van der Waals surface area contributed by atoms with Crippen LogP contribution in [0.4, 0.5) is 5.69 Å². The van der Waals surface area contributed by atoms with Gasteiger partial charge >= 0.3 is 5.97 Å².